The number of rotatable bonds is 5. The molecule has 1 atom stereocenters. The minimum absolute atomic E-state index is 0.0606. The molecule has 0 aliphatic heterocycles. The summed E-state index contributed by atoms with van der Waals surface area (Å²) >= 11 is 0. The molecule has 1 N–H and O–H groups in total. The minimum Gasteiger partial charge on any atom is -0.342 e. The summed E-state index contributed by atoms with van der Waals surface area (Å²) in [6, 6.07) is 4.19. The third-order valence-corrected chi connectivity index (χ3v) is 5.31. The molecule has 32 heavy (non-hydrogen) atoms. The van der Waals surface area contributed by atoms with Gasteiger partial charge in [-0.2, -0.15) is 28.2 Å². The number of nitrogens with zero attached hydrogens (tertiary/aromatic N) is 6. The number of nitriles is 1. The van der Waals surface area contributed by atoms with Crippen molar-refractivity contribution < 1.29 is 26.4 Å². The molecule has 0 radical (unpaired) electrons. The molecule has 0 saturated heterocycles. The quantitative estimate of drug-likeness (QED) is 0.601. The monoisotopic (exact) mass is 465 g/mol. The van der Waals surface area contributed by atoms with Gasteiger partial charge in [0.25, 0.3) is 5.91 Å². The number of aromatic nitrogens is 5. The van der Waals surface area contributed by atoms with Crippen molar-refractivity contribution >= 4 is 15.7 Å². The fraction of sp³-hybridized carbons (Fsp3) is 0.222. The number of benzene rings is 1. The van der Waals surface area contributed by atoms with Crippen molar-refractivity contribution in [1.29, 1.82) is 5.26 Å². The second-order valence-electron chi connectivity index (χ2n) is 6.61. The van der Waals surface area contributed by atoms with Crippen LogP contribution in [0.25, 0.3) is 5.82 Å². The van der Waals surface area contributed by atoms with Gasteiger partial charge in [-0.25, -0.2) is 23.4 Å². The van der Waals surface area contributed by atoms with Gasteiger partial charge in [0.1, 0.15) is 24.4 Å². The molecule has 166 valence electrons. The Balaban J connectivity index is 1.94. The third kappa shape index (κ3) is 4.89. The summed E-state index contributed by atoms with van der Waals surface area (Å²) in [5, 5.41) is 15.4. The van der Waals surface area contributed by atoms with E-state index >= 15 is 0 Å². The lowest BCUT2D eigenvalue weighted by Gasteiger charge is -2.16. The molecule has 0 spiro atoms. The van der Waals surface area contributed by atoms with Gasteiger partial charge >= 0.3 is 6.18 Å². The summed E-state index contributed by atoms with van der Waals surface area (Å²) < 4.78 is 64.4. The Hall–Kier alpha value is -3.86. The van der Waals surface area contributed by atoms with Crippen LogP contribution in [0.2, 0.25) is 0 Å². The molecule has 1 amide bonds. The van der Waals surface area contributed by atoms with Crippen molar-refractivity contribution in [3.8, 4) is 11.9 Å². The van der Waals surface area contributed by atoms with Crippen LogP contribution >= 0.6 is 0 Å². The van der Waals surface area contributed by atoms with Crippen molar-refractivity contribution in [3.63, 3.8) is 0 Å². The van der Waals surface area contributed by atoms with Gasteiger partial charge in [0.05, 0.1) is 16.5 Å². The summed E-state index contributed by atoms with van der Waals surface area (Å²) in [5.41, 5.74) is -1.70. The van der Waals surface area contributed by atoms with E-state index in [1.54, 1.807) is 0 Å². The zero-order valence-corrected chi connectivity index (χ0v) is 17.3. The van der Waals surface area contributed by atoms with E-state index in [0.717, 1.165) is 25.0 Å². The van der Waals surface area contributed by atoms with E-state index in [1.165, 1.54) is 17.7 Å². The number of hydrogen-bond acceptors (Lipinski definition) is 8. The van der Waals surface area contributed by atoms with Crippen LogP contribution in [0.3, 0.4) is 0 Å². The van der Waals surface area contributed by atoms with Gasteiger partial charge in [-0.15, -0.1) is 0 Å². The fourth-order valence-corrected chi connectivity index (χ4v) is 3.38. The predicted molar refractivity (Wildman–Crippen MR) is 102 cm³/mol. The van der Waals surface area contributed by atoms with Crippen LogP contribution < -0.4 is 5.32 Å². The Morgan fingerprint density at radius 3 is 2.50 bits per heavy atom. The van der Waals surface area contributed by atoms with Gasteiger partial charge < -0.3 is 5.32 Å². The number of hydrogen-bond donors (Lipinski definition) is 1. The lowest BCUT2D eigenvalue weighted by atomic mass is 10.1. The molecular weight excluding hydrogens is 451 g/mol. The number of sulfone groups is 1. The summed E-state index contributed by atoms with van der Waals surface area (Å²) in [5.74, 6) is -0.608. The van der Waals surface area contributed by atoms with Gasteiger partial charge in [-0.3, -0.25) is 4.79 Å². The highest BCUT2D eigenvalue weighted by Crippen LogP contribution is 2.32. The molecule has 14 heteroatoms. The second kappa shape index (κ2) is 8.35. The molecule has 3 aromatic rings. The highest BCUT2D eigenvalue weighted by atomic mass is 32.2. The highest BCUT2D eigenvalue weighted by Gasteiger charge is 2.33. The van der Waals surface area contributed by atoms with Crippen LogP contribution in [0.5, 0.6) is 0 Å². The zero-order valence-electron chi connectivity index (χ0n) is 16.5. The first-order chi connectivity index (χ1) is 14.9. The number of carbonyl (C=O) groups is 1. The van der Waals surface area contributed by atoms with Crippen molar-refractivity contribution in [2.24, 2.45) is 0 Å². The normalized spacial score (nSPS) is 12.8. The lowest BCUT2D eigenvalue weighted by Crippen LogP contribution is -2.29. The van der Waals surface area contributed by atoms with Gasteiger partial charge in [0, 0.05) is 17.9 Å². The Bertz CT molecular complexity index is 1330. The van der Waals surface area contributed by atoms with E-state index in [9.17, 15) is 26.4 Å². The van der Waals surface area contributed by atoms with Gasteiger partial charge in [0.2, 0.25) is 0 Å². The van der Waals surface area contributed by atoms with E-state index in [-0.39, 0.29) is 17.3 Å². The Morgan fingerprint density at radius 1 is 1.16 bits per heavy atom. The third-order valence-electron chi connectivity index (χ3n) is 4.22. The number of nitrogens with one attached hydrogen (secondary N) is 1. The molecule has 1 aromatic carbocycles. The van der Waals surface area contributed by atoms with Crippen LogP contribution in [0.15, 0.2) is 41.8 Å². The van der Waals surface area contributed by atoms with E-state index in [4.69, 9.17) is 5.26 Å². The van der Waals surface area contributed by atoms with Gasteiger partial charge in [-0.05, 0) is 25.1 Å². The SMILES string of the molecule is C[C@H](NC(=O)c1cc(C(F)(F)F)cc(S(C)(=O)=O)c1)c1ncnn1-c1cc(C#N)ncn1. The lowest BCUT2D eigenvalue weighted by molar-refractivity contribution is -0.137. The molecule has 0 saturated carbocycles. The molecule has 10 nitrogen and oxygen atoms in total. The van der Waals surface area contributed by atoms with E-state index in [1.807, 2.05) is 6.07 Å². The largest absolute Gasteiger partial charge is 0.416 e. The van der Waals surface area contributed by atoms with E-state index in [2.05, 4.69) is 25.4 Å². The summed E-state index contributed by atoms with van der Waals surface area (Å²) in [7, 11) is -4.01. The topological polar surface area (TPSA) is 144 Å². The Kier molecular flexibility index (Phi) is 5.95. The maximum atomic E-state index is 13.2. The molecule has 0 fully saturated rings. The molecule has 0 bridgehead atoms. The van der Waals surface area contributed by atoms with Crippen LogP contribution in [-0.2, 0) is 16.0 Å². The first kappa shape index (κ1) is 22.8. The molecule has 2 aromatic heterocycles. The van der Waals surface area contributed by atoms with Crippen LogP contribution in [0, 0.1) is 11.3 Å². The van der Waals surface area contributed by atoms with Crippen LogP contribution in [0.4, 0.5) is 13.2 Å². The van der Waals surface area contributed by atoms with Crippen molar-refractivity contribution in [1.82, 2.24) is 30.0 Å². The smallest absolute Gasteiger partial charge is 0.342 e. The van der Waals surface area contributed by atoms with Gasteiger partial charge in [-0.1, -0.05) is 0 Å². The average molecular weight is 465 g/mol. The average Bonchev–Trinajstić information content (AvgIpc) is 3.22. The van der Waals surface area contributed by atoms with Crippen LogP contribution in [0.1, 0.15) is 40.4 Å². The minimum atomic E-state index is -4.85. The number of carbonyl (C=O) groups excluding carboxylic acids is 1. The van der Waals surface area contributed by atoms with E-state index < -0.39 is 44.0 Å². The standard InChI is InChI=1S/C18H14F3N7O3S/c1-10(16-25-9-26-28(16)15-6-13(7-22)23-8-24-15)27-17(29)11-3-12(18(19,20)21)5-14(4-11)32(2,30)31/h3-6,8-10H,1-2H3,(H,27,29)/t10-/m0/s1. The number of amides is 1. The second-order valence-corrected chi connectivity index (χ2v) is 8.63. The number of alkyl halides is 3. The maximum absolute atomic E-state index is 13.2. The van der Waals surface area contributed by atoms with Crippen molar-refractivity contribution in [2.75, 3.05) is 6.26 Å². The van der Waals surface area contributed by atoms with Crippen molar-refractivity contribution in [3.05, 3.63) is 59.6 Å². The molecular formula is C18H14F3N7O3S. The first-order valence-corrected chi connectivity index (χ1v) is 10.6. The highest BCUT2D eigenvalue weighted by molar-refractivity contribution is 7.90. The summed E-state index contributed by atoms with van der Waals surface area (Å²) in [6.07, 6.45) is -1.81. The molecule has 0 aliphatic carbocycles. The van der Waals surface area contributed by atoms with Crippen molar-refractivity contribution in [2.45, 2.75) is 24.0 Å². The van der Waals surface area contributed by atoms with Gasteiger partial charge in [0.15, 0.2) is 21.5 Å². The summed E-state index contributed by atoms with van der Waals surface area (Å²) in [6.45, 7) is 1.50. The fourth-order valence-electron chi connectivity index (χ4n) is 2.70. The Labute approximate surface area is 179 Å². The maximum Gasteiger partial charge on any atom is 0.416 e. The molecule has 3 rings (SSSR count). The molecule has 0 unspecified atom stereocenters. The predicted octanol–water partition coefficient (Wildman–Crippen LogP) is 1.84. The Morgan fingerprint density at radius 2 is 1.88 bits per heavy atom. The van der Waals surface area contributed by atoms with E-state index in [0.29, 0.717) is 12.1 Å². The van der Waals surface area contributed by atoms with Crippen LogP contribution in [-0.4, -0.2) is 45.3 Å². The molecule has 2 heterocycles. The summed E-state index contributed by atoms with van der Waals surface area (Å²) in [4.78, 5) is 23.8. The number of halogens is 3. The zero-order chi connectivity index (χ0) is 23.7. The molecule has 0 aliphatic rings. The first-order valence-electron chi connectivity index (χ1n) is 8.76.